The Kier molecular flexibility index (Phi) is 4.21. The van der Waals surface area contributed by atoms with Gasteiger partial charge in [0.25, 0.3) is 5.91 Å². The monoisotopic (exact) mass is 326 g/mol. The first-order valence-electron chi connectivity index (χ1n) is 8.57. The minimum Gasteiger partial charge on any atom is -0.487 e. The predicted molar refractivity (Wildman–Crippen MR) is 89.9 cm³/mol. The van der Waals surface area contributed by atoms with E-state index in [9.17, 15) is 4.79 Å². The molecule has 1 fully saturated rings. The first-order valence-corrected chi connectivity index (χ1v) is 8.57. The van der Waals surface area contributed by atoms with E-state index in [0.29, 0.717) is 18.3 Å². The summed E-state index contributed by atoms with van der Waals surface area (Å²) in [5.74, 6) is 0.901. The maximum atomic E-state index is 12.8. The van der Waals surface area contributed by atoms with Crippen molar-refractivity contribution in [3.05, 3.63) is 47.8 Å². The molecule has 2 aliphatic heterocycles. The van der Waals surface area contributed by atoms with Gasteiger partial charge in [-0.3, -0.25) is 9.48 Å². The van der Waals surface area contributed by atoms with E-state index in [-0.39, 0.29) is 5.91 Å². The lowest BCUT2D eigenvalue weighted by Crippen LogP contribution is -2.52. The number of rotatable bonds is 4. The van der Waals surface area contributed by atoms with Crippen LogP contribution < -0.4 is 10.1 Å². The topological polar surface area (TPSA) is 59.4 Å². The van der Waals surface area contributed by atoms with Crippen molar-refractivity contribution < 1.29 is 9.53 Å². The van der Waals surface area contributed by atoms with Crippen LogP contribution in [-0.2, 0) is 13.2 Å². The van der Waals surface area contributed by atoms with Crippen molar-refractivity contribution in [3.63, 3.8) is 0 Å². The fourth-order valence-corrected chi connectivity index (χ4v) is 3.46. The van der Waals surface area contributed by atoms with Crippen molar-refractivity contribution >= 4 is 5.91 Å². The second-order valence-corrected chi connectivity index (χ2v) is 6.34. The first kappa shape index (κ1) is 15.2. The molecule has 0 saturated carbocycles. The van der Waals surface area contributed by atoms with Crippen molar-refractivity contribution in [1.29, 1.82) is 0 Å². The Morgan fingerprint density at radius 1 is 1.25 bits per heavy atom. The highest BCUT2D eigenvalue weighted by Crippen LogP contribution is 2.20. The summed E-state index contributed by atoms with van der Waals surface area (Å²) in [4.78, 5) is 14.8. The number of para-hydroxylation sites is 1. The Hall–Kier alpha value is -2.34. The van der Waals surface area contributed by atoms with Gasteiger partial charge in [-0.15, -0.1) is 0 Å². The molecule has 1 aromatic heterocycles. The highest BCUT2D eigenvalue weighted by molar-refractivity contribution is 5.93. The van der Waals surface area contributed by atoms with Gasteiger partial charge < -0.3 is 15.0 Å². The second-order valence-electron chi connectivity index (χ2n) is 6.34. The van der Waals surface area contributed by atoms with Crippen LogP contribution in [-0.4, -0.2) is 46.3 Å². The molecule has 0 radical (unpaired) electrons. The number of amides is 1. The maximum absolute atomic E-state index is 12.8. The van der Waals surface area contributed by atoms with E-state index in [2.05, 4.69) is 10.4 Å². The van der Waals surface area contributed by atoms with Crippen LogP contribution in [0.5, 0.6) is 5.75 Å². The highest BCUT2D eigenvalue weighted by atomic mass is 16.5. The molecule has 0 aliphatic carbocycles. The minimum absolute atomic E-state index is 0.0911. The summed E-state index contributed by atoms with van der Waals surface area (Å²) in [6, 6.07) is 11.8. The molecule has 1 unspecified atom stereocenters. The third kappa shape index (κ3) is 3.01. The minimum atomic E-state index is 0.0911. The van der Waals surface area contributed by atoms with Crippen LogP contribution in [0, 0.1) is 0 Å². The van der Waals surface area contributed by atoms with Crippen molar-refractivity contribution in [1.82, 2.24) is 20.0 Å². The van der Waals surface area contributed by atoms with Crippen molar-refractivity contribution in [3.8, 4) is 5.75 Å². The first-order chi connectivity index (χ1) is 11.8. The van der Waals surface area contributed by atoms with Gasteiger partial charge in [0.2, 0.25) is 0 Å². The van der Waals surface area contributed by atoms with Crippen LogP contribution in [0.15, 0.2) is 36.4 Å². The molecule has 2 aliphatic rings. The molecule has 24 heavy (non-hydrogen) atoms. The van der Waals surface area contributed by atoms with E-state index >= 15 is 0 Å². The van der Waals surface area contributed by atoms with E-state index in [1.54, 1.807) is 0 Å². The molecule has 6 heteroatoms. The molecule has 4 rings (SSSR count). The molecule has 1 aromatic carbocycles. The van der Waals surface area contributed by atoms with Gasteiger partial charge in [0.1, 0.15) is 23.7 Å². The number of ether oxygens (including phenoxy) is 1. The molecule has 6 nitrogen and oxygen atoms in total. The summed E-state index contributed by atoms with van der Waals surface area (Å²) in [5, 5.41) is 7.91. The summed E-state index contributed by atoms with van der Waals surface area (Å²) in [6.45, 7) is 3.81. The molecule has 1 atom stereocenters. The normalized spacial score (nSPS) is 20.8. The Labute approximate surface area is 141 Å². The predicted octanol–water partition coefficient (Wildman–Crippen LogP) is 1.67. The Bertz CT molecular complexity index is 707. The van der Waals surface area contributed by atoms with Gasteiger partial charge in [0.15, 0.2) is 0 Å². The number of piperidine rings is 1. The number of nitrogens with one attached hydrogen (secondary N) is 1. The van der Waals surface area contributed by atoms with Crippen molar-refractivity contribution in [2.45, 2.75) is 32.0 Å². The average Bonchev–Trinajstić information content (AvgIpc) is 3.06. The number of carbonyl (C=O) groups excluding carboxylic acids is 1. The number of aromatic nitrogens is 2. The van der Waals surface area contributed by atoms with Gasteiger partial charge in [-0.25, -0.2) is 0 Å². The van der Waals surface area contributed by atoms with E-state index in [4.69, 9.17) is 4.74 Å². The molecule has 1 saturated heterocycles. The zero-order chi connectivity index (χ0) is 16.4. The Balaban J connectivity index is 1.45. The van der Waals surface area contributed by atoms with Crippen LogP contribution >= 0.6 is 0 Å². The van der Waals surface area contributed by atoms with Crippen LogP contribution in [0.4, 0.5) is 0 Å². The average molecular weight is 326 g/mol. The lowest BCUT2D eigenvalue weighted by molar-refractivity contribution is 0.0579. The van der Waals surface area contributed by atoms with Gasteiger partial charge in [-0.1, -0.05) is 18.2 Å². The zero-order valence-corrected chi connectivity index (χ0v) is 13.6. The largest absolute Gasteiger partial charge is 0.487 e. The highest BCUT2D eigenvalue weighted by Gasteiger charge is 2.32. The summed E-state index contributed by atoms with van der Waals surface area (Å²) >= 11 is 0. The molecule has 0 bridgehead atoms. The third-order valence-corrected chi connectivity index (χ3v) is 4.70. The molecular weight excluding hydrogens is 304 g/mol. The van der Waals surface area contributed by atoms with Gasteiger partial charge >= 0.3 is 0 Å². The maximum Gasteiger partial charge on any atom is 0.272 e. The lowest BCUT2D eigenvalue weighted by Gasteiger charge is -2.37. The van der Waals surface area contributed by atoms with Crippen LogP contribution in [0.25, 0.3) is 0 Å². The molecule has 1 N–H and O–H groups in total. The van der Waals surface area contributed by atoms with Crippen LogP contribution in [0.2, 0.25) is 0 Å². The smallest absolute Gasteiger partial charge is 0.272 e. The Morgan fingerprint density at radius 3 is 2.92 bits per heavy atom. The summed E-state index contributed by atoms with van der Waals surface area (Å²) in [5.41, 5.74) is 1.48. The molecular formula is C18H22N4O2. The fraction of sp³-hybridized carbons (Fsp3) is 0.444. The molecule has 126 valence electrons. The Morgan fingerprint density at radius 2 is 2.12 bits per heavy atom. The summed E-state index contributed by atoms with van der Waals surface area (Å²) in [7, 11) is 0. The van der Waals surface area contributed by atoms with Crippen LogP contribution in [0.3, 0.4) is 0 Å². The lowest BCUT2D eigenvalue weighted by atomic mass is 10.0. The zero-order valence-electron chi connectivity index (χ0n) is 13.6. The number of benzene rings is 1. The van der Waals surface area contributed by atoms with Gasteiger partial charge in [-0.05, 0) is 37.6 Å². The molecule has 3 heterocycles. The number of hydrogen-bond donors (Lipinski definition) is 1. The quantitative estimate of drug-likeness (QED) is 0.928. The van der Waals surface area contributed by atoms with Gasteiger partial charge in [0.05, 0.1) is 6.54 Å². The standard InChI is InChI=1S/C18H22N4O2/c23-18-17-11-14(13-24-16-6-2-1-3-7-16)20-22(17)10-9-21(18)15-5-4-8-19-12-15/h1-3,6-7,11,15,19H,4-5,8-10,12-13H2. The second kappa shape index (κ2) is 6.65. The van der Waals surface area contributed by atoms with Crippen molar-refractivity contribution in [2.75, 3.05) is 19.6 Å². The number of carbonyl (C=O) groups is 1. The van der Waals surface area contributed by atoms with E-state index in [1.807, 2.05) is 46.0 Å². The van der Waals surface area contributed by atoms with Gasteiger partial charge in [-0.2, -0.15) is 5.10 Å². The fourth-order valence-electron chi connectivity index (χ4n) is 3.46. The van der Waals surface area contributed by atoms with E-state index in [0.717, 1.165) is 50.5 Å². The van der Waals surface area contributed by atoms with Crippen molar-refractivity contribution in [2.24, 2.45) is 0 Å². The summed E-state index contributed by atoms with van der Waals surface area (Å²) < 4.78 is 7.56. The number of hydrogen-bond acceptors (Lipinski definition) is 4. The van der Waals surface area contributed by atoms with Gasteiger partial charge in [0, 0.05) is 19.1 Å². The molecule has 2 aromatic rings. The third-order valence-electron chi connectivity index (χ3n) is 4.70. The van der Waals surface area contributed by atoms with Crippen LogP contribution in [0.1, 0.15) is 29.0 Å². The molecule has 0 spiro atoms. The van der Waals surface area contributed by atoms with E-state index < -0.39 is 0 Å². The van der Waals surface area contributed by atoms with E-state index in [1.165, 1.54) is 0 Å². The number of nitrogens with zero attached hydrogens (tertiary/aromatic N) is 3. The molecule has 1 amide bonds. The number of fused-ring (bicyclic) bond motifs is 1. The SMILES string of the molecule is O=C1c2cc(COc3ccccc3)nn2CCN1C1CCCNC1. The summed E-state index contributed by atoms with van der Waals surface area (Å²) in [6.07, 6.45) is 2.21.